The van der Waals surface area contributed by atoms with Gasteiger partial charge in [0, 0.05) is 0 Å². The summed E-state index contributed by atoms with van der Waals surface area (Å²) >= 11 is 0. The fourth-order valence-corrected chi connectivity index (χ4v) is 3.45. The molecule has 0 aliphatic carbocycles. The third-order valence-electron chi connectivity index (χ3n) is 5.53. The first-order valence-corrected chi connectivity index (χ1v) is 12.1. The van der Waals surface area contributed by atoms with Crippen molar-refractivity contribution in [3.05, 3.63) is 0 Å². The van der Waals surface area contributed by atoms with Crippen LogP contribution < -0.4 is 0 Å². The van der Waals surface area contributed by atoms with E-state index in [0.717, 1.165) is 6.42 Å². The van der Waals surface area contributed by atoms with Crippen molar-refractivity contribution in [2.24, 2.45) is 0 Å². The van der Waals surface area contributed by atoms with E-state index < -0.39 is 75.8 Å². The number of alkyl halides is 17. The summed E-state index contributed by atoms with van der Waals surface area (Å²) in [6.07, 6.45) is -4.60. The second kappa shape index (κ2) is 11.5. The molecule has 0 saturated heterocycles. The van der Waals surface area contributed by atoms with Crippen LogP contribution in [0.5, 0.6) is 0 Å². The maximum Gasteiger partial charge on any atom is 0.438 e. The fraction of sp³-hybridized carbons (Fsp3) is 1.00. The van der Waals surface area contributed by atoms with Gasteiger partial charge < -0.3 is 0 Å². The molecule has 0 aliphatic heterocycles. The van der Waals surface area contributed by atoms with Crippen molar-refractivity contribution in [3.8, 4) is 0 Å². The Bertz CT molecular complexity index is 918. The van der Waals surface area contributed by atoms with Crippen molar-refractivity contribution in [2.45, 2.75) is 111 Å². The van der Waals surface area contributed by atoms with Crippen LogP contribution in [-0.4, -0.2) is 65.9 Å². The lowest BCUT2D eigenvalue weighted by Crippen LogP contribution is -2.75. The molecule has 0 amide bonds. The smallest absolute Gasteiger partial charge is 0.281 e. The highest BCUT2D eigenvalue weighted by molar-refractivity contribution is 7.87. The molecule has 0 radical (unpaired) electrons. The minimum atomic E-state index is -8.87. The van der Waals surface area contributed by atoms with Crippen LogP contribution in [0.2, 0.25) is 0 Å². The molecule has 0 heterocycles. The van der Waals surface area contributed by atoms with E-state index in [1.165, 1.54) is 0 Å². The SMILES string of the molecule is CCCCCCCCCC(F)C(F)(F)C(F)(F)C(F)(F)C(F)(F)C(F)(F)C(F)(F)C(F)(F)C(F)(F)S(=O)(=O)O. The number of hydrogen-bond donors (Lipinski definition) is 1. The molecule has 0 rings (SSSR count). The van der Waals surface area contributed by atoms with Gasteiger partial charge in [-0.25, -0.2) is 4.39 Å². The van der Waals surface area contributed by atoms with Crippen molar-refractivity contribution in [1.82, 2.24) is 0 Å². The molecule has 0 bridgehead atoms. The van der Waals surface area contributed by atoms with Gasteiger partial charge >= 0.3 is 56.8 Å². The van der Waals surface area contributed by atoms with Gasteiger partial charge in [-0.05, 0) is 6.42 Å². The Morgan fingerprint density at radius 1 is 0.538 bits per heavy atom. The summed E-state index contributed by atoms with van der Waals surface area (Å²) < 4.78 is 259. The molecule has 0 aromatic heterocycles. The molecule has 1 atom stereocenters. The first kappa shape index (κ1) is 37.7. The third-order valence-corrected chi connectivity index (χ3v) is 6.44. The minimum absolute atomic E-state index is 0.173. The van der Waals surface area contributed by atoms with Crippen LogP contribution in [0.1, 0.15) is 58.3 Å². The van der Waals surface area contributed by atoms with E-state index >= 15 is 0 Å². The largest absolute Gasteiger partial charge is 0.438 e. The quantitative estimate of drug-likeness (QED) is 0.0988. The summed E-state index contributed by atoms with van der Waals surface area (Å²) in [5, 5.41) is -7.84. The summed E-state index contributed by atoms with van der Waals surface area (Å²) in [5.41, 5.74) is 0. The third kappa shape index (κ3) is 6.02. The molecule has 1 unspecified atom stereocenters. The summed E-state index contributed by atoms with van der Waals surface area (Å²) in [4.78, 5) is 0. The van der Waals surface area contributed by atoms with Crippen LogP contribution in [0.3, 0.4) is 0 Å². The molecular weight excluding hydrogens is 619 g/mol. The monoisotopic (exact) mass is 640 g/mol. The number of halogens is 17. The van der Waals surface area contributed by atoms with Crippen molar-refractivity contribution in [3.63, 3.8) is 0 Å². The highest BCUT2D eigenvalue weighted by atomic mass is 32.2. The van der Waals surface area contributed by atoms with Gasteiger partial charge in [0.2, 0.25) is 0 Å². The first-order chi connectivity index (χ1) is 17.0. The Balaban J connectivity index is 6.31. The zero-order valence-electron chi connectivity index (χ0n) is 19.3. The van der Waals surface area contributed by atoms with Gasteiger partial charge in [0.1, 0.15) is 0 Å². The van der Waals surface area contributed by atoms with E-state index in [1.54, 1.807) is 6.92 Å². The molecule has 0 spiro atoms. The highest BCUT2D eigenvalue weighted by Gasteiger charge is 2.96. The van der Waals surface area contributed by atoms with Gasteiger partial charge in [-0.3, -0.25) is 4.55 Å². The number of hydrogen-bond acceptors (Lipinski definition) is 2. The van der Waals surface area contributed by atoms with Gasteiger partial charge in [0.25, 0.3) is 0 Å². The van der Waals surface area contributed by atoms with Crippen LogP contribution >= 0.6 is 0 Å². The lowest BCUT2D eigenvalue weighted by atomic mass is 9.87. The van der Waals surface area contributed by atoms with E-state index in [9.17, 15) is 83.1 Å². The molecule has 236 valence electrons. The molecule has 3 nitrogen and oxygen atoms in total. The number of unbranched alkanes of at least 4 members (excludes halogenated alkanes) is 6. The predicted octanol–water partition coefficient (Wildman–Crippen LogP) is 8.39. The maximum atomic E-state index is 13.8. The Kier molecular flexibility index (Phi) is 11.2. The van der Waals surface area contributed by atoms with Crippen molar-refractivity contribution < 1.29 is 87.6 Å². The Hall–Kier alpha value is -1.28. The molecule has 39 heavy (non-hydrogen) atoms. The van der Waals surface area contributed by atoms with Crippen molar-refractivity contribution in [1.29, 1.82) is 0 Å². The lowest BCUT2D eigenvalue weighted by Gasteiger charge is -2.43. The minimum Gasteiger partial charge on any atom is -0.281 e. The van der Waals surface area contributed by atoms with Crippen LogP contribution in [0.4, 0.5) is 74.6 Å². The van der Waals surface area contributed by atoms with E-state index in [4.69, 9.17) is 4.55 Å². The van der Waals surface area contributed by atoms with Gasteiger partial charge in [-0.1, -0.05) is 51.9 Å². The van der Waals surface area contributed by atoms with Crippen LogP contribution in [0, 0.1) is 0 Å². The van der Waals surface area contributed by atoms with E-state index in [-0.39, 0.29) is 12.8 Å². The summed E-state index contributed by atoms with van der Waals surface area (Å²) in [7, 11) is -7.91. The first-order valence-electron chi connectivity index (χ1n) is 10.6. The number of rotatable bonds is 17. The van der Waals surface area contributed by atoms with Crippen LogP contribution in [0.15, 0.2) is 0 Å². The van der Waals surface area contributed by atoms with Crippen LogP contribution in [-0.2, 0) is 10.1 Å². The summed E-state index contributed by atoms with van der Waals surface area (Å²) in [5.74, 6) is -58.6. The topological polar surface area (TPSA) is 54.4 Å². The van der Waals surface area contributed by atoms with Gasteiger partial charge in [-0.15, -0.1) is 0 Å². The standard InChI is InChI=1S/C18H21F17O3S/c1-2-3-4-5-6-7-8-9-10(19)11(20,21)12(22,23)13(24,25)14(26,27)15(28,29)16(30,31)17(32,33)18(34,35)39(36,37)38/h10H,2-9H2,1H3,(H,36,37,38). The fourth-order valence-electron chi connectivity index (χ4n) is 3.00. The zero-order chi connectivity index (χ0) is 31.7. The molecule has 0 aromatic rings. The lowest BCUT2D eigenvalue weighted by molar-refractivity contribution is -0.451. The van der Waals surface area contributed by atoms with Gasteiger partial charge in [0.15, 0.2) is 6.17 Å². The zero-order valence-corrected chi connectivity index (χ0v) is 20.1. The molecule has 0 saturated carbocycles. The highest BCUT2D eigenvalue weighted by Crippen LogP contribution is 2.64. The molecule has 0 aromatic carbocycles. The summed E-state index contributed by atoms with van der Waals surface area (Å²) in [6.45, 7) is 1.80. The average Bonchev–Trinajstić information content (AvgIpc) is 2.76. The maximum absolute atomic E-state index is 13.8. The van der Waals surface area contributed by atoms with Crippen LogP contribution in [0.25, 0.3) is 0 Å². The molecule has 0 fully saturated rings. The molecule has 21 heteroatoms. The Labute approximate surface area is 209 Å². The second-order valence-corrected chi connectivity index (χ2v) is 9.90. The summed E-state index contributed by atoms with van der Waals surface area (Å²) in [6, 6.07) is 0. The van der Waals surface area contributed by atoms with E-state index in [1.807, 2.05) is 0 Å². The predicted molar refractivity (Wildman–Crippen MR) is 98.6 cm³/mol. The van der Waals surface area contributed by atoms with Gasteiger partial charge in [-0.2, -0.15) is 78.7 Å². The Morgan fingerprint density at radius 2 is 0.846 bits per heavy atom. The van der Waals surface area contributed by atoms with E-state index in [0.29, 0.717) is 19.3 Å². The van der Waals surface area contributed by atoms with E-state index in [2.05, 4.69) is 0 Å². The Morgan fingerprint density at radius 3 is 1.21 bits per heavy atom. The van der Waals surface area contributed by atoms with Gasteiger partial charge in [0.05, 0.1) is 0 Å². The second-order valence-electron chi connectivity index (χ2n) is 8.44. The molecule has 0 aliphatic rings. The molecular formula is C18H21F17O3S. The average molecular weight is 640 g/mol. The van der Waals surface area contributed by atoms with Crippen molar-refractivity contribution in [2.75, 3.05) is 0 Å². The van der Waals surface area contributed by atoms with Crippen molar-refractivity contribution >= 4 is 10.1 Å². The normalized spacial score (nSPS) is 16.5. The molecule has 1 N–H and O–H groups in total.